The average molecular weight is 1810 g/mol. The molecule has 0 unspecified atom stereocenters. The third-order valence-electron chi connectivity index (χ3n) is 28.7. The molecule has 0 radical (unpaired) electrons. The van der Waals surface area contributed by atoms with Gasteiger partial charge in [-0.1, -0.05) is 423 Å². The second-order valence-electron chi connectivity index (χ2n) is 38.2. The first-order valence-electron chi connectivity index (χ1n) is 48.2. The van der Waals surface area contributed by atoms with E-state index in [1.165, 1.54) is 209 Å². The fraction of sp³-hybridized carbons (Fsp3) is 0.0526. The van der Waals surface area contributed by atoms with Gasteiger partial charge >= 0.3 is 0 Å². The normalized spacial score (nSPS) is 12.0. The van der Waals surface area contributed by atoms with Gasteiger partial charge in [0.05, 0.1) is 55.6 Å². The highest BCUT2D eigenvalue weighted by molar-refractivity contribution is 7.26. The Labute approximate surface area is 813 Å². The predicted molar refractivity (Wildman–Crippen MR) is 605 cm³/mol. The van der Waals surface area contributed by atoms with Crippen molar-refractivity contribution < 1.29 is 4.42 Å². The molecule has 0 saturated heterocycles. The maximum Gasteiger partial charge on any atom is 0.145 e. The Morgan fingerprint density at radius 2 is 0.547 bits per heavy atom. The zero-order valence-electron chi connectivity index (χ0n) is 77.6. The van der Waals surface area contributed by atoms with Crippen LogP contribution >= 0.6 is 22.7 Å². The molecule has 3 aromatic heterocycles. The van der Waals surface area contributed by atoms with Crippen LogP contribution < -0.4 is 14.7 Å². The number of rotatable bonds is 11. The van der Waals surface area contributed by atoms with Gasteiger partial charge in [-0.25, -0.2) is 0 Å². The summed E-state index contributed by atoms with van der Waals surface area (Å²) in [6, 6.07) is 171. The molecule has 4 nitrogen and oxygen atoms in total. The number of furan rings is 1. The van der Waals surface area contributed by atoms with E-state index in [-0.39, 0.29) is 5.41 Å². The molecule has 3 heterocycles. The minimum Gasteiger partial charge on any atom is -0.455 e. The van der Waals surface area contributed by atoms with Gasteiger partial charge < -0.3 is 19.1 Å². The molecule has 0 aliphatic carbocycles. The third-order valence-corrected chi connectivity index (χ3v) is 31.1. The molecule has 0 saturated carbocycles. The van der Waals surface area contributed by atoms with E-state index >= 15 is 0 Å². The Morgan fingerprint density at radius 3 is 0.950 bits per heavy atom. The minimum absolute atomic E-state index is 0.112. The van der Waals surface area contributed by atoms with Crippen molar-refractivity contribution in [2.24, 2.45) is 0 Å². The Balaban J connectivity index is 0.000000108. The highest BCUT2D eigenvalue weighted by Gasteiger charge is 2.30. The van der Waals surface area contributed by atoms with E-state index in [0.717, 1.165) is 55.8 Å². The summed E-state index contributed by atoms with van der Waals surface area (Å²) < 4.78 is 12.1. The maximum absolute atomic E-state index is 6.79. The minimum atomic E-state index is 0.112. The van der Waals surface area contributed by atoms with E-state index in [2.05, 4.69) is 516 Å². The number of para-hydroxylation sites is 1. The van der Waals surface area contributed by atoms with Crippen LogP contribution in [0.5, 0.6) is 0 Å². The Bertz CT molecular complexity index is 9510. The highest BCUT2D eigenvalue weighted by Crippen LogP contribution is 2.56. The molecule has 658 valence electrons. The van der Waals surface area contributed by atoms with Crippen LogP contribution in [-0.2, 0) is 5.41 Å². The van der Waals surface area contributed by atoms with E-state index in [1.54, 1.807) is 0 Å². The van der Waals surface area contributed by atoms with Crippen molar-refractivity contribution in [1.82, 2.24) is 0 Å². The van der Waals surface area contributed by atoms with E-state index in [4.69, 9.17) is 4.42 Å². The van der Waals surface area contributed by atoms with Crippen molar-refractivity contribution in [2.45, 2.75) is 46.0 Å². The average Bonchev–Trinajstić information content (AvgIpc) is 1.70. The quantitative estimate of drug-likeness (QED) is 0.120. The van der Waals surface area contributed by atoms with Crippen LogP contribution in [0, 0.1) is 0 Å². The number of benzene rings is 25. The summed E-state index contributed by atoms with van der Waals surface area (Å²) >= 11 is 3.84. The van der Waals surface area contributed by atoms with Crippen LogP contribution in [-0.4, -0.2) is 0 Å². The summed E-state index contributed by atoms with van der Waals surface area (Å²) in [5.41, 5.74) is 17.3. The molecule has 25 aromatic carbocycles. The van der Waals surface area contributed by atoms with Gasteiger partial charge in [0.1, 0.15) is 11.2 Å². The summed E-state index contributed by atoms with van der Waals surface area (Å²) in [6.45, 7) is 11.5. The van der Waals surface area contributed by atoms with Crippen molar-refractivity contribution in [2.75, 3.05) is 14.7 Å². The largest absolute Gasteiger partial charge is 0.455 e. The molecule has 0 spiro atoms. The zero-order chi connectivity index (χ0) is 92.7. The molecule has 28 rings (SSSR count). The van der Waals surface area contributed by atoms with Gasteiger partial charge in [0, 0.05) is 84.6 Å². The first-order chi connectivity index (χ1) is 68.4. The molecule has 0 fully saturated rings. The number of anilines is 9. The van der Waals surface area contributed by atoms with Gasteiger partial charge in [-0.05, 0) is 204 Å². The molecule has 139 heavy (non-hydrogen) atoms. The number of fused-ring (bicyclic) bond motifs is 27. The van der Waals surface area contributed by atoms with Crippen LogP contribution in [0.4, 0.5) is 51.2 Å². The molecule has 0 N–H and O–H groups in total. The van der Waals surface area contributed by atoms with Crippen molar-refractivity contribution >= 4 is 265 Å². The van der Waals surface area contributed by atoms with Crippen LogP contribution in [0.15, 0.2) is 472 Å². The lowest BCUT2D eigenvalue weighted by Gasteiger charge is -2.30. The van der Waals surface area contributed by atoms with Gasteiger partial charge in [-0.3, -0.25) is 0 Å². The number of thiophene rings is 2. The fourth-order valence-electron chi connectivity index (χ4n) is 22.2. The molecule has 0 bridgehead atoms. The highest BCUT2D eigenvalue weighted by atomic mass is 32.1. The summed E-state index contributed by atoms with van der Waals surface area (Å²) in [7, 11) is 0. The van der Waals surface area contributed by atoms with Gasteiger partial charge in [0.2, 0.25) is 0 Å². The van der Waals surface area contributed by atoms with E-state index < -0.39 is 0 Å². The first kappa shape index (κ1) is 82.9. The van der Waals surface area contributed by atoms with Crippen LogP contribution in [0.1, 0.15) is 51.7 Å². The Kier molecular flexibility index (Phi) is 20.1. The van der Waals surface area contributed by atoms with E-state index in [1.807, 2.05) is 22.7 Å². The molecule has 0 atom stereocenters. The van der Waals surface area contributed by atoms with Crippen molar-refractivity contribution in [3.05, 3.63) is 478 Å². The number of hydrogen-bond acceptors (Lipinski definition) is 6. The number of nitrogens with zero attached hydrogens (tertiary/aromatic N) is 3. The zero-order valence-corrected chi connectivity index (χ0v) is 79.2. The Hall–Kier alpha value is -16.7. The summed E-state index contributed by atoms with van der Waals surface area (Å²) in [4.78, 5) is 7.55. The lowest BCUT2D eigenvalue weighted by atomic mass is 9.87. The molecular weight excluding hydrogens is 1720 g/mol. The lowest BCUT2D eigenvalue weighted by molar-refractivity contribution is 0.591. The predicted octanol–water partition coefficient (Wildman–Crippen LogP) is 40.0. The lowest BCUT2D eigenvalue weighted by Crippen LogP contribution is -2.12. The Morgan fingerprint density at radius 1 is 0.223 bits per heavy atom. The van der Waals surface area contributed by atoms with Crippen molar-refractivity contribution in [3.63, 3.8) is 0 Å². The summed E-state index contributed by atoms with van der Waals surface area (Å²) in [6.07, 6.45) is 0. The van der Waals surface area contributed by atoms with Crippen LogP contribution in [0.2, 0.25) is 0 Å². The van der Waals surface area contributed by atoms with Crippen molar-refractivity contribution in [1.29, 1.82) is 0 Å². The molecular formula is C133H93N3OS2. The first-order valence-corrected chi connectivity index (χ1v) is 49.8. The summed E-state index contributed by atoms with van der Waals surface area (Å²) in [5, 5.41) is 37.4. The van der Waals surface area contributed by atoms with Crippen LogP contribution in [0.25, 0.3) is 203 Å². The second kappa shape index (κ2) is 33.7. The number of hydrogen-bond donors (Lipinski definition) is 0. The van der Waals surface area contributed by atoms with Gasteiger partial charge in [-0.2, -0.15) is 0 Å². The molecule has 28 aromatic rings. The monoisotopic (exact) mass is 1810 g/mol. The van der Waals surface area contributed by atoms with Crippen LogP contribution in [0.3, 0.4) is 0 Å². The molecule has 6 heteroatoms. The maximum atomic E-state index is 6.79. The SMILES string of the molecule is CC(C)(C)c1ccc2c(c1)sc1cc(N(c3cc4ccccc4c4ccccc34)c3cc4ccccc4c4ccccc34)ccc12.CC(C)c1cccc2c1sc1c(N(c3cc4ccccc4c4ccccc34)c3cc4ccccc4c4ccccc34)cccc12.c1ccc(-c2ccc(N(c3cc4ccccc4c4ccccc34)c3cc4ccccc4c4ccccc34)c3c2oc2ccccc23)cc1. The van der Waals surface area contributed by atoms with Gasteiger partial charge in [0.15, 0.2) is 0 Å². The van der Waals surface area contributed by atoms with Gasteiger partial charge in [0.25, 0.3) is 0 Å². The molecule has 0 amide bonds. The van der Waals surface area contributed by atoms with Gasteiger partial charge in [-0.15, -0.1) is 22.7 Å². The van der Waals surface area contributed by atoms with Crippen molar-refractivity contribution in [3.8, 4) is 11.1 Å². The topological polar surface area (TPSA) is 22.9 Å². The van der Waals surface area contributed by atoms with E-state index in [9.17, 15) is 0 Å². The standard InChI is InChI=1S/C46H29NO.C44H33NS.C43H31NS/c1-2-14-30(15-3-1)35-26-27-41(45-40-24-12-13-25-44(40)48-46(35)45)47(42-28-31-16-4-6-18-33(31)36-20-8-10-22-38(36)42)43-29-32-17-5-7-19-34(32)37-21-9-11-23-39(37)43;1-44(2,3)30-20-22-38-39-23-21-31(27-43(39)46-42(38)26-30)45(40-24-28-12-4-6-14-32(28)34-16-8-10-18-36(34)40)41-25-29-13-5-7-15-33(29)35-17-9-11-19-37(35)41;1-27(2)30-21-11-22-37-38-23-12-24-39(43(38)45-42(30)37)44(40-25-28-13-3-5-15-31(28)33-17-7-9-19-35(33)40)41-26-29-14-4-6-16-32(29)34-18-8-10-20-36(34)41/h1-29H;4-27H,1-3H3;3-27H,1-2H3. The molecule has 0 aliphatic heterocycles. The summed E-state index contributed by atoms with van der Waals surface area (Å²) in [5.74, 6) is 0.454. The fourth-order valence-corrected chi connectivity index (χ4v) is 24.8. The van der Waals surface area contributed by atoms with E-state index in [0.29, 0.717) is 5.92 Å². The third kappa shape index (κ3) is 14.0. The molecule has 0 aliphatic rings. The smallest absolute Gasteiger partial charge is 0.145 e. The second-order valence-corrected chi connectivity index (χ2v) is 40.3.